The van der Waals surface area contributed by atoms with Gasteiger partial charge in [0.2, 0.25) is 0 Å². The minimum absolute atomic E-state index is 0.249. The molecule has 1 heterocycles. The number of piperidine rings is 1. The Kier molecular flexibility index (Phi) is 11.1. The number of rotatable bonds is 13. The molecule has 1 atom stereocenters. The van der Waals surface area contributed by atoms with Crippen molar-refractivity contribution in [1.82, 2.24) is 0 Å². The van der Waals surface area contributed by atoms with E-state index in [1.807, 2.05) is 6.07 Å². The highest BCUT2D eigenvalue weighted by atomic mass is 31.1. The van der Waals surface area contributed by atoms with Crippen LogP contribution in [0, 0.1) is 11.3 Å². The lowest BCUT2D eigenvalue weighted by Gasteiger charge is -2.35. The van der Waals surface area contributed by atoms with Crippen molar-refractivity contribution in [3.05, 3.63) is 53.6 Å². The molecule has 1 fully saturated rings. The maximum Gasteiger partial charge on any atom is 0.327 e. The topological polar surface area (TPSA) is 48.0 Å². The van der Waals surface area contributed by atoms with Gasteiger partial charge in [-0.3, -0.25) is 4.52 Å². The van der Waals surface area contributed by atoms with Crippen molar-refractivity contribution in [2.75, 3.05) is 38.3 Å². The maximum absolute atomic E-state index is 10.5. The van der Waals surface area contributed by atoms with E-state index in [9.17, 15) is 4.57 Å². The number of methoxy groups -OCH3 is 1. The van der Waals surface area contributed by atoms with Crippen molar-refractivity contribution in [1.29, 1.82) is 0 Å². The Labute approximate surface area is 219 Å². The fourth-order valence-corrected chi connectivity index (χ4v) is 5.06. The van der Waals surface area contributed by atoms with Crippen LogP contribution in [-0.4, -0.2) is 33.4 Å². The molecule has 198 valence electrons. The molecule has 5 nitrogen and oxygen atoms in total. The van der Waals surface area contributed by atoms with Gasteiger partial charge in [-0.15, -0.1) is 0 Å². The third-order valence-electron chi connectivity index (χ3n) is 7.23. The quantitative estimate of drug-likeness (QED) is 0.200. The number of hydrogen-bond acceptors (Lipinski definition) is 5. The van der Waals surface area contributed by atoms with E-state index >= 15 is 0 Å². The SMILES string of the molecule is COc1ccc(CCCC(C)(C)C)c(N2CCC(COc3cccc([C@H](C)CCOP=O)c3)CC2)c1. The Balaban J connectivity index is 1.53. The largest absolute Gasteiger partial charge is 0.497 e. The lowest BCUT2D eigenvalue weighted by molar-refractivity contribution is 0.222. The van der Waals surface area contributed by atoms with Gasteiger partial charge in [0.15, 0.2) is 0 Å². The number of anilines is 1. The van der Waals surface area contributed by atoms with E-state index in [-0.39, 0.29) is 8.69 Å². The second kappa shape index (κ2) is 14.0. The van der Waals surface area contributed by atoms with Crippen LogP contribution in [0.3, 0.4) is 0 Å². The molecule has 0 N–H and O–H groups in total. The monoisotopic (exact) mass is 513 g/mol. The Morgan fingerprint density at radius 2 is 1.86 bits per heavy atom. The Morgan fingerprint density at radius 3 is 2.56 bits per heavy atom. The Morgan fingerprint density at radius 1 is 1.08 bits per heavy atom. The van der Waals surface area contributed by atoms with Crippen LogP contribution in [0.25, 0.3) is 0 Å². The molecule has 2 aromatic carbocycles. The molecule has 2 aromatic rings. The van der Waals surface area contributed by atoms with Crippen LogP contribution in [0.1, 0.15) is 76.8 Å². The van der Waals surface area contributed by atoms with Crippen LogP contribution in [-0.2, 0) is 15.5 Å². The standard InChI is InChI=1S/C30H44NO4P/c1-23(15-19-35-36-32)26-8-6-10-28(20-26)34-22-24-13-17-31(18-14-24)29-21-27(33-5)12-11-25(29)9-7-16-30(2,3)4/h6,8,10-12,20-21,23-24H,7,9,13-19,22H2,1-5H3/t23-/m1/s1. The van der Waals surface area contributed by atoms with Crippen molar-refractivity contribution in [2.45, 2.75) is 72.1 Å². The summed E-state index contributed by atoms with van der Waals surface area (Å²) in [6.45, 7) is 12.4. The summed E-state index contributed by atoms with van der Waals surface area (Å²) < 4.78 is 27.2. The van der Waals surface area contributed by atoms with Gasteiger partial charge >= 0.3 is 8.69 Å². The summed E-state index contributed by atoms with van der Waals surface area (Å²) >= 11 is 0. The molecule has 0 bridgehead atoms. The van der Waals surface area contributed by atoms with Gasteiger partial charge < -0.3 is 14.4 Å². The van der Waals surface area contributed by atoms with E-state index in [4.69, 9.17) is 14.0 Å². The van der Waals surface area contributed by atoms with Crippen LogP contribution in [0.15, 0.2) is 42.5 Å². The second-order valence-corrected chi connectivity index (χ2v) is 11.7. The van der Waals surface area contributed by atoms with Crippen molar-refractivity contribution >= 4 is 14.4 Å². The molecule has 0 spiro atoms. The van der Waals surface area contributed by atoms with E-state index in [1.54, 1.807) is 7.11 Å². The van der Waals surface area contributed by atoms with E-state index in [1.165, 1.54) is 29.7 Å². The third kappa shape index (κ3) is 9.09. The maximum atomic E-state index is 10.5. The molecule has 1 saturated heterocycles. The van der Waals surface area contributed by atoms with E-state index in [0.29, 0.717) is 23.9 Å². The lowest BCUT2D eigenvalue weighted by Crippen LogP contribution is -2.36. The van der Waals surface area contributed by atoms with Crippen LogP contribution in [0.2, 0.25) is 0 Å². The zero-order valence-corrected chi connectivity index (χ0v) is 23.7. The summed E-state index contributed by atoms with van der Waals surface area (Å²) in [6.07, 6.45) is 6.62. The predicted molar refractivity (Wildman–Crippen MR) is 149 cm³/mol. The summed E-state index contributed by atoms with van der Waals surface area (Å²) in [5, 5.41) is 0. The lowest BCUT2D eigenvalue weighted by atomic mass is 9.88. The van der Waals surface area contributed by atoms with Gasteiger partial charge in [-0.2, -0.15) is 0 Å². The van der Waals surface area contributed by atoms with Crippen LogP contribution in [0.5, 0.6) is 11.5 Å². The normalized spacial score (nSPS) is 15.8. The zero-order valence-electron chi connectivity index (χ0n) is 22.8. The van der Waals surface area contributed by atoms with Gasteiger partial charge in [0.1, 0.15) is 11.5 Å². The average Bonchev–Trinajstić information content (AvgIpc) is 2.87. The average molecular weight is 514 g/mol. The molecule has 0 amide bonds. The van der Waals surface area contributed by atoms with Crippen molar-refractivity contribution in [3.8, 4) is 11.5 Å². The summed E-state index contributed by atoms with van der Waals surface area (Å²) in [5.41, 5.74) is 4.37. The molecule has 6 heteroatoms. The van der Waals surface area contributed by atoms with Crippen molar-refractivity contribution in [2.24, 2.45) is 11.3 Å². The fourth-order valence-electron chi connectivity index (χ4n) is 4.88. The Bertz CT molecular complexity index is 950. The Hall–Kier alpha value is -2.10. The van der Waals surface area contributed by atoms with E-state index < -0.39 is 0 Å². The molecule has 3 rings (SSSR count). The van der Waals surface area contributed by atoms with Gasteiger partial charge in [0, 0.05) is 24.8 Å². The highest BCUT2D eigenvalue weighted by Gasteiger charge is 2.22. The summed E-state index contributed by atoms with van der Waals surface area (Å²) in [4.78, 5) is 2.54. The van der Waals surface area contributed by atoms with Crippen molar-refractivity contribution < 1.29 is 18.6 Å². The molecule has 0 aromatic heterocycles. The number of ether oxygens (including phenoxy) is 2. The minimum atomic E-state index is -0.249. The van der Waals surface area contributed by atoms with Gasteiger partial charge in [-0.25, -0.2) is 4.57 Å². The molecule has 0 radical (unpaired) electrons. The van der Waals surface area contributed by atoms with Crippen LogP contribution >= 0.6 is 8.69 Å². The third-order valence-corrected chi connectivity index (χ3v) is 7.52. The summed E-state index contributed by atoms with van der Waals surface area (Å²) in [7, 11) is 1.50. The first-order chi connectivity index (χ1) is 17.3. The summed E-state index contributed by atoms with van der Waals surface area (Å²) in [5.74, 6) is 2.75. The minimum Gasteiger partial charge on any atom is -0.497 e. The number of benzene rings is 2. The van der Waals surface area contributed by atoms with Crippen LogP contribution < -0.4 is 14.4 Å². The second-order valence-electron chi connectivity index (χ2n) is 11.3. The first kappa shape index (κ1) is 28.5. The first-order valence-corrected chi connectivity index (χ1v) is 14.1. The van der Waals surface area contributed by atoms with Gasteiger partial charge in [-0.1, -0.05) is 45.9 Å². The molecular formula is C30H44NO4P. The summed E-state index contributed by atoms with van der Waals surface area (Å²) in [6, 6.07) is 14.9. The molecule has 0 aliphatic carbocycles. The number of hydrogen-bond donors (Lipinski definition) is 0. The predicted octanol–water partition coefficient (Wildman–Crippen LogP) is 8.08. The van der Waals surface area contributed by atoms with E-state index in [0.717, 1.165) is 56.9 Å². The van der Waals surface area contributed by atoms with Gasteiger partial charge in [-0.05, 0) is 85.1 Å². The molecule has 0 saturated carbocycles. The smallest absolute Gasteiger partial charge is 0.327 e. The van der Waals surface area contributed by atoms with Gasteiger partial charge in [0.25, 0.3) is 0 Å². The van der Waals surface area contributed by atoms with Crippen LogP contribution in [0.4, 0.5) is 5.69 Å². The zero-order chi connectivity index (χ0) is 26.0. The number of aryl methyl sites for hydroxylation is 1. The highest BCUT2D eigenvalue weighted by Crippen LogP contribution is 2.32. The first-order valence-electron chi connectivity index (χ1n) is 13.4. The van der Waals surface area contributed by atoms with Crippen molar-refractivity contribution in [3.63, 3.8) is 0 Å². The highest BCUT2D eigenvalue weighted by molar-refractivity contribution is 7.17. The van der Waals surface area contributed by atoms with E-state index in [2.05, 4.69) is 69.0 Å². The molecular weight excluding hydrogens is 469 g/mol. The fraction of sp³-hybridized carbons (Fsp3) is 0.600. The number of nitrogens with zero attached hydrogens (tertiary/aromatic N) is 1. The molecule has 36 heavy (non-hydrogen) atoms. The van der Waals surface area contributed by atoms with Gasteiger partial charge in [0.05, 0.1) is 20.3 Å². The molecule has 1 aliphatic heterocycles. The molecule has 1 aliphatic rings. The molecule has 0 unspecified atom stereocenters.